The Morgan fingerprint density at radius 2 is 1.23 bits per heavy atom. The smallest absolute Gasteiger partial charge is 0.0394 e. The Bertz CT molecular complexity index is 683. The Kier molecular flexibility index (Phi) is 6.06. The Balaban J connectivity index is 0.00000196. The summed E-state index contributed by atoms with van der Waals surface area (Å²) in [6, 6.07) is 19.3. The highest BCUT2D eigenvalue weighted by Crippen LogP contribution is 2.45. The molecule has 0 aliphatic carbocycles. The largest absolute Gasteiger partial charge is 0.299 e. The van der Waals surface area contributed by atoms with Crippen molar-refractivity contribution >= 4 is 12.4 Å². The topological polar surface area (TPSA) is 6.48 Å². The number of rotatable bonds is 3. The molecule has 2 nitrogen and oxygen atoms in total. The van der Waals surface area contributed by atoms with Crippen LogP contribution in [0.4, 0.5) is 0 Å². The fourth-order valence-electron chi connectivity index (χ4n) is 5.18. The van der Waals surface area contributed by atoms with Gasteiger partial charge in [0.1, 0.15) is 0 Å². The van der Waals surface area contributed by atoms with Gasteiger partial charge < -0.3 is 0 Å². The minimum Gasteiger partial charge on any atom is -0.299 e. The van der Waals surface area contributed by atoms with Gasteiger partial charge in [-0.1, -0.05) is 55.5 Å². The molecule has 2 unspecified atom stereocenters. The van der Waals surface area contributed by atoms with Crippen LogP contribution in [0, 0.1) is 5.92 Å². The quantitative estimate of drug-likeness (QED) is 0.758. The molecule has 0 saturated heterocycles. The first-order valence-corrected chi connectivity index (χ1v) is 9.76. The molecule has 2 atom stereocenters. The minimum absolute atomic E-state index is 0. The molecule has 0 amide bonds. The van der Waals surface area contributed by atoms with E-state index in [2.05, 4.69) is 79.3 Å². The van der Waals surface area contributed by atoms with Crippen LogP contribution in [0.2, 0.25) is 0 Å². The first kappa shape index (κ1) is 19.4. The molecule has 0 N–H and O–H groups in total. The van der Waals surface area contributed by atoms with Gasteiger partial charge in [0.2, 0.25) is 0 Å². The summed E-state index contributed by atoms with van der Waals surface area (Å²) in [5.74, 6) is 0.609. The van der Waals surface area contributed by atoms with Gasteiger partial charge in [0, 0.05) is 25.2 Å². The highest BCUT2D eigenvalue weighted by Gasteiger charge is 2.39. The zero-order valence-electron chi connectivity index (χ0n) is 16.2. The van der Waals surface area contributed by atoms with Gasteiger partial charge in [-0.3, -0.25) is 9.80 Å². The van der Waals surface area contributed by atoms with E-state index < -0.39 is 0 Å². The molecule has 2 aliphatic heterocycles. The highest BCUT2D eigenvalue weighted by molar-refractivity contribution is 5.85. The molecular formula is C23H31ClN2. The van der Waals surface area contributed by atoms with Gasteiger partial charge in [0.15, 0.2) is 0 Å². The molecule has 2 aromatic rings. The Labute approximate surface area is 164 Å². The number of likely N-dealkylation sites (N-methyl/N-ethyl adjacent to an activating group) is 2. The minimum atomic E-state index is 0. The maximum atomic E-state index is 2.60. The van der Waals surface area contributed by atoms with Gasteiger partial charge in [-0.15, -0.1) is 12.4 Å². The first-order valence-electron chi connectivity index (χ1n) is 9.76. The number of nitrogens with zero attached hydrogens (tertiary/aromatic N) is 2. The molecule has 2 heterocycles. The summed E-state index contributed by atoms with van der Waals surface area (Å²) in [5, 5.41) is 0. The van der Waals surface area contributed by atoms with Crippen LogP contribution in [0.1, 0.15) is 47.7 Å². The van der Waals surface area contributed by atoms with Crippen molar-refractivity contribution in [1.82, 2.24) is 9.80 Å². The van der Waals surface area contributed by atoms with E-state index >= 15 is 0 Å². The van der Waals surface area contributed by atoms with Crippen molar-refractivity contribution in [3.63, 3.8) is 0 Å². The molecule has 0 spiro atoms. The molecule has 0 saturated carbocycles. The van der Waals surface area contributed by atoms with E-state index in [0.717, 1.165) is 13.1 Å². The molecule has 2 aliphatic rings. The first-order chi connectivity index (χ1) is 12.2. The molecule has 3 heteroatoms. The lowest BCUT2D eigenvalue weighted by atomic mass is 9.75. The summed E-state index contributed by atoms with van der Waals surface area (Å²) in [6.07, 6.45) is 3.56. The molecule has 140 valence electrons. The summed E-state index contributed by atoms with van der Waals surface area (Å²) < 4.78 is 0. The number of hydrogen-bond donors (Lipinski definition) is 0. The van der Waals surface area contributed by atoms with Crippen molar-refractivity contribution < 1.29 is 0 Å². The second-order valence-electron chi connectivity index (χ2n) is 7.82. The highest BCUT2D eigenvalue weighted by atomic mass is 35.5. The number of fused-ring (bicyclic) bond motifs is 2. The monoisotopic (exact) mass is 370 g/mol. The number of benzene rings is 2. The van der Waals surface area contributed by atoms with Crippen LogP contribution in [0.3, 0.4) is 0 Å². The van der Waals surface area contributed by atoms with Crippen LogP contribution in [0.25, 0.3) is 0 Å². The van der Waals surface area contributed by atoms with E-state index in [1.807, 2.05) is 0 Å². The standard InChI is InChI=1S/C23H30N2.ClH/c1-4-19(22-20-11-7-5-9-17(20)13-15-24(22)2)23-21-12-8-6-10-18(21)14-16-25(23)3;/h5-12,19,22-23H,4,13-16H2,1-3H3;1H. The van der Waals surface area contributed by atoms with Gasteiger partial charge in [-0.05, 0) is 61.5 Å². The van der Waals surface area contributed by atoms with E-state index in [1.54, 1.807) is 22.3 Å². The van der Waals surface area contributed by atoms with Crippen molar-refractivity contribution in [2.45, 2.75) is 38.3 Å². The lowest BCUT2D eigenvalue weighted by Gasteiger charge is -2.47. The van der Waals surface area contributed by atoms with E-state index in [4.69, 9.17) is 0 Å². The van der Waals surface area contributed by atoms with Crippen LogP contribution >= 0.6 is 12.4 Å². The third-order valence-electron chi connectivity index (χ3n) is 6.45. The lowest BCUT2D eigenvalue weighted by Crippen LogP contribution is -2.44. The Hall–Kier alpha value is -1.35. The SMILES string of the molecule is CCC(C1c2ccccc2CCN1C)C1c2ccccc2CCN1C.Cl. The van der Waals surface area contributed by atoms with Crippen LogP contribution in [-0.2, 0) is 12.8 Å². The maximum absolute atomic E-state index is 2.60. The normalized spacial score (nSPS) is 24.3. The van der Waals surface area contributed by atoms with E-state index in [9.17, 15) is 0 Å². The second-order valence-corrected chi connectivity index (χ2v) is 7.82. The van der Waals surface area contributed by atoms with Crippen LogP contribution in [0.5, 0.6) is 0 Å². The van der Waals surface area contributed by atoms with E-state index in [-0.39, 0.29) is 12.4 Å². The third kappa shape index (κ3) is 3.31. The molecule has 4 rings (SSSR count). The van der Waals surface area contributed by atoms with Crippen LogP contribution in [-0.4, -0.2) is 37.0 Å². The van der Waals surface area contributed by atoms with Gasteiger partial charge in [-0.25, -0.2) is 0 Å². The van der Waals surface area contributed by atoms with Gasteiger partial charge >= 0.3 is 0 Å². The Morgan fingerprint density at radius 1 is 0.808 bits per heavy atom. The van der Waals surface area contributed by atoms with Gasteiger partial charge in [0.25, 0.3) is 0 Å². The average molecular weight is 371 g/mol. The molecule has 26 heavy (non-hydrogen) atoms. The predicted molar refractivity (Wildman–Crippen MR) is 112 cm³/mol. The van der Waals surface area contributed by atoms with Gasteiger partial charge in [-0.2, -0.15) is 0 Å². The Morgan fingerprint density at radius 3 is 1.65 bits per heavy atom. The number of halogens is 1. The third-order valence-corrected chi connectivity index (χ3v) is 6.45. The summed E-state index contributed by atoms with van der Waals surface area (Å²) in [7, 11) is 4.63. The van der Waals surface area contributed by atoms with Crippen LogP contribution in [0.15, 0.2) is 48.5 Å². The second kappa shape index (κ2) is 8.12. The molecule has 0 bridgehead atoms. The average Bonchev–Trinajstić information content (AvgIpc) is 2.65. The van der Waals surface area contributed by atoms with Crippen molar-refractivity contribution in [3.05, 3.63) is 70.8 Å². The molecule has 2 aromatic carbocycles. The lowest BCUT2D eigenvalue weighted by molar-refractivity contribution is 0.0727. The van der Waals surface area contributed by atoms with E-state index in [0.29, 0.717) is 18.0 Å². The fourth-order valence-corrected chi connectivity index (χ4v) is 5.18. The summed E-state index contributed by atoms with van der Waals surface area (Å²) >= 11 is 0. The summed E-state index contributed by atoms with van der Waals surface area (Å²) in [6.45, 7) is 4.70. The molecule has 0 radical (unpaired) electrons. The van der Waals surface area contributed by atoms with Gasteiger partial charge in [0.05, 0.1) is 0 Å². The predicted octanol–water partition coefficient (Wildman–Crippen LogP) is 4.89. The van der Waals surface area contributed by atoms with Crippen molar-refractivity contribution in [2.75, 3.05) is 27.2 Å². The molecular weight excluding hydrogens is 340 g/mol. The fraction of sp³-hybridized carbons (Fsp3) is 0.478. The van der Waals surface area contributed by atoms with Crippen molar-refractivity contribution in [3.8, 4) is 0 Å². The molecule has 0 fully saturated rings. The van der Waals surface area contributed by atoms with Crippen molar-refractivity contribution in [1.29, 1.82) is 0 Å². The zero-order chi connectivity index (χ0) is 17.4. The zero-order valence-corrected chi connectivity index (χ0v) is 17.0. The summed E-state index contributed by atoms with van der Waals surface area (Å²) in [5.41, 5.74) is 6.21. The van der Waals surface area contributed by atoms with E-state index in [1.165, 1.54) is 19.3 Å². The molecule has 0 aromatic heterocycles. The summed E-state index contributed by atoms with van der Waals surface area (Å²) in [4.78, 5) is 5.20. The maximum Gasteiger partial charge on any atom is 0.0394 e. The number of hydrogen-bond acceptors (Lipinski definition) is 2. The van der Waals surface area contributed by atoms with Crippen LogP contribution < -0.4 is 0 Å². The van der Waals surface area contributed by atoms with Crippen molar-refractivity contribution in [2.24, 2.45) is 5.92 Å².